The van der Waals surface area contributed by atoms with Gasteiger partial charge in [0.25, 0.3) is 0 Å². The molecule has 0 aromatic carbocycles. The fourth-order valence-electron chi connectivity index (χ4n) is 2.26. The van der Waals surface area contributed by atoms with Crippen LogP contribution in [0.15, 0.2) is 0 Å². The van der Waals surface area contributed by atoms with Crippen molar-refractivity contribution in [2.75, 3.05) is 13.1 Å². The molecule has 5 nitrogen and oxygen atoms in total. The van der Waals surface area contributed by atoms with Gasteiger partial charge in [-0.3, -0.25) is 9.59 Å². The molecule has 1 amide bonds. The van der Waals surface area contributed by atoms with Gasteiger partial charge in [0.15, 0.2) is 0 Å². The van der Waals surface area contributed by atoms with E-state index in [1.165, 1.54) is 0 Å². The number of rotatable bonds is 6. The molecule has 1 saturated heterocycles. The Balaban J connectivity index is 2.33. The molecule has 0 aromatic heterocycles. The molecule has 1 unspecified atom stereocenters. The molecule has 1 aliphatic rings. The second-order valence-corrected chi connectivity index (χ2v) is 5.87. The molecule has 0 spiro atoms. The van der Waals surface area contributed by atoms with Crippen molar-refractivity contribution in [2.45, 2.75) is 46.0 Å². The molecule has 1 rings (SSSR count). The summed E-state index contributed by atoms with van der Waals surface area (Å²) in [5.74, 6) is -1.19. The van der Waals surface area contributed by atoms with Crippen LogP contribution in [-0.4, -0.2) is 35.0 Å². The van der Waals surface area contributed by atoms with Gasteiger partial charge in [-0.1, -0.05) is 6.42 Å². The molecule has 1 N–H and O–H groups in total. The van der Waals surface area contributed by atoms with Crippen LogP contribution in [0.3, 0.4) is 0 Å². The zero-order valence-electron chi connectivity index (χ0n) is 11.7. The van der Waals surface area contributed by atoms with Gasteiger partial charge in [-0.05, 0) is 33.1 Å². The Morgan fingerprint density at radius 1 is 1.53 bits per heavy atom. The second-order valence-electron chi connectivity index (χ2n) is 5.87. The molecule has 0 aliphatic carbocycles. The van der Waals surface area contributed by atoms with E-state index in [4.69, 9.17) is 10.4 Å². The predicted octanol–water partition coefficient (Wildman–Crippen LogP) is 2.03. The third-order valence-corrected chi connectivity index (χ3v) is 3.63. The van der Waals surface area contributed by atoms with E-state index < -0.39 is 11.9 Å². The van der Waals surface area contributed by atoms with Gasteiger partial charge in [-0.2, -0.15) is 5.26 Å². The minimum absolute atomic E-state index is 0.0528. The first kappa shape index (κ1) is 15.5. The van der Waals surface area contributed by atoms with Crippen molar-refractivity contribution in [2.24, 2.45) is 11.3 Å². The summed E-state index contributed by atoms with van der Waals surface area (Å²) >= 11 is 0. The number of hydrogen-bond acceptors (Lipinski definition) is 3. The number of likely N-dealkylation sites (tertiary alicyclic amines) is 1. The number of nitriles is 1. The molecule has 0 saturated carbocycles. The van der Waals surface area contributed by atoms with Gasteiger partial charge in [0.05, 0.1) is 17.4 Å². The largest absolute Gasteiger partial charge is 0.481 e. The average Bonchev–Trinajstić information content (AvgIpc) is 2.36. The molecule has 1 aliphatic heterocycles. The Hall–Kier alpha value is -1.57. The van der Waals surface area contributed by atoms with Gasteiger partial charge < -0.3 is 10.0 Å². The second kappa shape index (κ2) is 6.55. The zero-order chi connectivity index (χ0) is 14.5. The van der Waals surface area contributed by atoms with Crippen molar-refractivity contribution in [3.63, 3.8) is 0 Å². The van der Waals surface area contributed by atoms with Gasteiger partial charge in [-0.15, -0.1) is 0 Å². The Bertz CT molecular complexity index is 385. The van der Waals surface area contributed by atoms with Gasteiger partial charge in [0.2, 0.25) is 5.91 Å². The van der Waals surface area contributed by atoms with Crippen molar-refractivity contribution in [3.8, 4) is 6.07 Å². The monoisotopic (exact) mass is 266 g/mol. The number of hydrogen-bond donors (Lipinski definition) is 1. The maximum Gasteiger partial charge on any atom is 0.308 e. The van der Waals surface area contributed by atoms with Crippen molar-refractivity contribution in [1.82, 2.24) is 4.90 Å². The number of piperidine rings is 1. The molecule has 1 atom stereocenters. The molecular weight excluding hydrogens is 244 g/mol. The summed E-state index contributed by atoms with van der Waals surface area (Å²) in [6.45, 7) is 4.74. The van der Waals surface area contributed by atoms with E-state index in [1.807, 2.05) is 13.8 Å². The fourth-order valence-corrected chi connectivity index (χ4v) is 2.26. The van der Waals surface area contributed by atoms with Gasteiger partial charge in [0, 0.05) is 19.5 Å². The Kier molecular flexibility index (Phi) is 5.34. The van der Waals surface area contributed by atoms with Crippen molar-refractivity contribution in [3.05, 3.63) is 0 Å². The number of carboxylic acids is 1. The van der Waals surface area contributed by atoms with Crippen molar-refractivity contribution < 1.29 is 14.7 Å². The van der Waals surface area contributed by atoms with Crippen LogP contribution in [0, 0.1) is 22.7 Å². The lowest BCUT2D eigenvalue weighted by Gasteiger charge is -2.30. The molecule has 0 bridgehead atoms. The molecule has 0 radical (unpaired) electrons. The lowest BCUT2D eigenvalue weighted by atomic mass is 9.89. The Morgan fingerprint density at radius 2 is 2.21 bits per heavy atom. The summed E-state index contributed by atoms with van der Waals surface area (Å²) in [5, 5.41) is 17.9. The lowest BCUT2D eigenvalue weighted by molar-refractivity contribution is -0.147. The van der Waals surface area contributed by atoms with Crippen LogP contribution in [-0.2, 0) is 9.59 Å². The van der Waals surface area contributed by atoms with E-state index in [2.05, 4.69) is 6.07 Å². The topological polar surface area (TPSA) is 81.4 Å². The number of carbonyl (C=O) groups is 2. The molecule has 106 valence electrons. The van der Waals surface area contributed by atoms with E-state index in [9.17, 15) is 9.59 Å². The zero-order valence-corrected chi connectivity index (χ0v) is 11.7. The highest BCUT2D eigenvalue weighted by molar-refractivity contribution is 5.80. The van der Waals surface area contributed by atoms with Crippen LogP contribution in [0.4, 0.5) is 0 Å². The molecular formula is C14H22N2O3. The first-order valence-corrected chi connectivity index (χ1v) is 6.77. The first-order chi connectivity index (χ1) is 8.85. The SMILES string of the molecule is CC(C)(C#N)CCCCN1CC(C(=O)O)CCC1=O. The van der Waals surface area contributed by atoms with Crippen LogP contribution >= 0.6 is 0 Å². The maximum absolute atomic E-state index is 11.7. The van der Waals surface area contributed by atoms with E-state index in [0.717, 1.165) is 19.3 Å². The summed E-state index contributed by atoms with van der Waals surface area (Å²) in [4.78, 5) is 24.3. The first-order valence-electron chi connectivity index (χ1n) is 6.77. The lowest BCUT2D eigenvalue weighted by Crippen LogP contribution is -2.42. The van der Waals surface area contributed by atoms with Crippen molar-refractivity contribution >= 4 is 11.9 Å². The minimum atomic E-state index is -0.817. The standard InChI is InChI=1S/C14H22N2O3/c1-14(2,10-15)7-3-4-8-16-9-11(13(18)19)5-6-12(16)17/h11H,3-9H2,1-2H3,(H,18,19). The third kappa shape index (κ3) is 4.90. The summed E-state index contributed by atoms with van der Waals surface area (Å²) < 4.78 is 0. The summed E-state index contributed by atoms with van der Waals surface area (Å²) in [5.41, 5.74) is -0.324. The van der Waals surface area contributed by atoms with Crippen LogP contribution in [0.1, 0.15) is 46.0 Å². The Labute approximate surface area is 114 Å². The molecule has 0 aromatic rings. The average molecular weight is 266 g/mol. The summed E-state index contributed by atoms with van der Waals surface area (Å²) in [7, 11) is 0. The maximum atomic E-state index is 11.7. The van der Waals surface area contributed by atoms with Gasteiger partial charge in [-0.25, -0.2) is 0 Å². The highest BCUT2D eigenvalue weighted by Gasteiger charge is 2.29. The molecule has 5 heteroatoms. The van der Waals surface area contributed by atoms with Crippen molar-refractivity contribution in [1.29, 1.82) is 5.26 Å². The number of amides is 1. The summed E-state index contributed by atoms with van der Waals surface area (Å²) in [6, 6.07) is 2.25. The van der Waals surface area contributed by atoms with Gasteiger partial charge in [0.1, 0.15) is 0 Å². The van der Waals surface area contributed by atoms with Crippen LogP contribution < -0.4 is 0 Å². The van der Waals surface area contributed by atoms with Gasteiger partial charge >= 0.3 is 5.97 Å². The van der Waals surface area contributed by atoms with E-state index in [1.54, 1.807) is 4.90 Å². The number of aliphatic carboxylic acids is 1. The van der Waals surface area contributed by atoms with Crippen LogP contribution in [0.5, 0.6) is 0 Å². The number of carbonyl (C=O) groups excluding carboxylic acids is 1. The molecule has 1 fully saturated rings. The highest BCUT2D eigenvalue weighted by atomic mass is 16.4. The number of carboxylic acid groups (broad SMARTS) is 1. The third-order valence-electron chi connectivity index (χ3n) is 3.63. The summed E-state index contributed by atoms with van der Waals surface area (Å²) in [6.07, 6.45) is 3.28. The smallest absolute Gasteiger partial charge is 0.308 e. The Morgan fingerprint density at radius 3 is 2.79 bits per heavy atom. The van der Waals surface area contributed by atoms with E-state index in [0.29, 0.717) is 25.9 Å². The highest BCUT2D eigenvalue weighted by Crippen LogP contribution is 2.23. The molecule has 1 heterocycles. The molecule has 19 heavy (non-hydrogen) atoms. The van der Waals surface area contributed by atoms with E-state index >= 15 is 0 Å². The normalized spacial score (nSPS) is 20.2. The minimum Gasteiger partial charge on any atom is -0.481 e. The van der Waals surface area contributed by atoms with Crippen LogP contribution in [0.25, 0.3) is 0 Å². The van der Waals surface area contributed by atoms with Crippen LogP contribution in [0.2, 0.25) is 0 Å². The fraction of sp³-hybridized carbons (Fsp3) is 0.786. The number of nitrogens with zero attached hydrogens (tertiary/aromatic N) is 2. The van der Waals surface area contributed by atoms with E-state index in [-0.39, 0.29) is 11.3 Å². The predicted molar refractivity (Wildman–Crippen MR) is 70.2 cm³/mol. The quantitative estimate of drug-likeness (QED) is 0.746. The number of unbranched alkanes of at least 4 members (excludes halogenated alkanes) is 1.